The minimum atomic E-state index is -0.111. The Kier molecular flexibility index (Phi) is 5.90. The third-order valence-corrected chi connectivity index (χ3v) is 5.77. The van der Waals surface area contributed by atoms with Gasteiger partial charge in [0.25, 0.3) is 0 Å². The smallest absolute Gasteiger partial charge is 0.225 e. The van der Waals surface area contributed by atoms with Crippen molar-refractivity contribution in [2.24, 2.45) is 0 Å². The first-order valence-electron chi connectivity index (χ1n) is 9.49. The van der Waals surface area contributed by atoms with Crippen LogP contribution in [0, 0.1) is 0 Å². The topological polar surface area (TPSA) is 73.3 Å². The molecule has 0 saturated carbocycles. The summed E-state index contributed by atoms with van der Waals surface area (Å²) < 4.78 is 11.8. The number of amides is 1. The molecule has 2 aromatic heterocycles. The highest BCUT2D eigenvalue weighted by Gasteiger charge is 2.10. The van der Waals surface area contributed by atoms with Gasteiger partial charge in [0.2, 0.25) is 5.91 Å². The van der Waals surface area contributed by atoms with Crippen LogP contribution in [0.2, 0.25) is 0 Å². The molecule has 4 rings (SSSR count). The fourth-order valence-corrected chi connectivity index (χ4v) is 4.08. The number of benzene rings is 2. The van der Waals surface area contributed by atoms with Crippen molar-refractivity contribution in [3.8, 4) is 22.1 Å². The monoisotopic (exact) mass is 419 g/mol. The van der Waals surface area contributed by atoms with E-state index in [2.05, 4.69) is 21.4 Å². The van der Waals surface area contributed by atoms with Crippen LogP contribution in [0.15, 0.2) is 60.8 Å². The van der Waals surface area contributed by atoms with Crippen LogP contribution in [-0.4, -0.2) is 30.1 Å². The molecule has 0 radical (unpaired) electrons. The van der Waals surface area contributed by atoms with Gasteiger partial charge in [0, 0.05) is 18.2 Å². The van der Waals surface area contributed by atoms with Gasteiger partial charge in [0.05, 0.1) is 24.4 Å². The number of carbonyl (C=O) groups excluding carboxylic acids is 1. The number of thiazole rings is 1. The molecule has 0 saturated heterocycles. The number of ether oxygens (including phenoxy) is 2. The number of hydrogen-bond acceptors (Lipinski definition) is 6. The molecule has 0 aliphatic rings. The number of methoxy groups -OCH3 is 2. The zero-order chi connectivity index (χ0) is 20.9. The Morgan fingerprint density at radius 3 is 2.67 bits per heavy atom. The average molecular weight is 420 g/mol. The summed E-state index contributed by atoms with van der Waals surface area (Å²) in [5.74, 6) is 1.88. The first-order valence-corrected chi connectivity index (χ1v) is 10.3. The molecule has 0 aliphatic heterocycles. The van der Waals surface area contributed by atoms with Gasteiger partial charge in [0.1, 0.15) is 22.3 Å². The number of carbonyl (C=O) groups is 1. The Hall–Kier alpha value is -3.45. The number of pyridine rings is 1. The minimum Gasteiger partial charge on any atom is -0.497 e. The van der Waals surface area contributed by atoms with E-state index in [0.717, 1.165) is 37.9 Å². The zero-order valence-corrected chi connectivity index (χ0v) is 17.5. The van der Waals surface area contributed by atoms with Gasteiger partial charge in [-0.05, 0) is 54.4 Å². The van der Waals surface area contributed by atoms with E-state index < -0.39 is 0 Å². The molecule has 2 heterocycles. The molecule has 7 heteroatoms. The molecule has 0 unspecified atom stereocenters. The maximum absolute atomic E-state index is 12.4. The molecule has 1 amide bonds. The first-order chi connectivity index (χ1) is 14.7. The summed E-state index contributed by atoms with van der Waals surface area (Å²) in [5.41, 5.74) is 2.82. The fourth-order valence-electron chi connectivity index (χ4n) is 3.12. The number of para-hydroxylation sites is 1. The average Bonchev–Trinajstić information content (AvgIpc) is 3.22. The number of fused-ring (bicyclic) bond motifs is 1. The summed E-state index contributed by atoms with van der Waals surface area (Å²) in [6.45, 7) is 0. The van der Waals surface area contributed by atoms with Crippen molar-refractivity contribution >= 4 is 33.3 Å². The lowest BCUT2D eigenvalue weighted by Crippen LogP contribution is -2.13. The van der Waals surface area contributed by atoms with Crippen LogP contribution >= 0.6 is 11.3 Å². The molecule has 0 fully saturated rings. The minimum absolute atomic E-state index is 0.111. The lowest BCUT2D eigenvalue weighted by molar-refractivity contribution is -0.116. The summed E-state index contributed by atoms with van der Waals surface area (Å²) >= 11 is 1.62. The van der Waals surface area contributed by atoms with E-state index in [1.54, 1.807) is 37.8 Å². The van der Waals surface area contributed by atoms with Crippen LogP contribution in [0.5, 0.6) is 11.5 Å². The second kappa shape index (κ2) is 8.92. The fraction of sp³-hybridized carbons (Fsp3) is 0.174. The Bertz CT molecular complexity index is 1140. The van der Waals surface area contributed by atoms with Gasteiger partial charge in [-0.1, -0.05) is 12.1 Å². The van der Waals surface area contributed by atoms with Gasteiger partial charge in [-0.3, -0.25) is 4.79 Å². The molecule has 152 valence electrons. The third-order valence-electron chi connectivity index (χ3n) is 4.68. The predicted molar refractivity (Wildman–Crippen MR) is 119 cm³/mol. The van der Waals surface area contributed by atoms with Crippen molar-refractivity contribution in [1.82, 2.24) is 9.97 Å². The lowest BCUT2D eigenvalue weighted by Gasteiger charge is -2.10. The molecule has 6 nitrogen and oxygen atoms in total. The maximum Gasteiger partial charge on any atom is 0.225 e. The summed E-state index contributed by atoms with van der Waals surface area (Å²) in [4.78, 5) is 21.4. The SMILES string of the molecule is COc1ccc(OC)c(CCC(=O)Nc2ccc(-c3nc4ccccc4s3)cn2)c1. The van der Waals surface area contributed by atoms with Crippen LogP contribution in [0.4, 0.5) is 5.82 Å². The number of nitrogens with one attached hydrogen (secondary N) is 1. The van der Waals surface area contributed by atoms with Crippen molar-refractivity contribution in [2.75, 3.05) is 19.5 Å². The quantitative estimate of drug-likeness (QED) is 0.459. The predicted octanol–water partition coefficient (Wildman–Crippen LogP) is 4.95. The molecule has 0 aliphatic carbocycles. The molecule has 0 bridgehead atoms. The highest BCUT2D eigenvalue weighted by atomic mass is 32.1. The second-order valence-corrected chi connectivity index (χ2v) is 7.68. The van der Waals surface area contributed by atoms with Gasteiger partial charge in [-0.25, -0.2) is 9.97 Å². The van der Waals surface area contributed by atoms with Gasteiger partial charge in [-0.2, -0.15) is 0 Å². The van der Waals surface area contributed by atoms with Crippen molar-refractivity contribution in [1.29, 1.82) is 0 Å². The summed E-state index contributed by atoms with van der Waals surface area (Å²) in [6.07, 6.45) is 2.58. The Morgan fingerprint density at radius 2 is 1.93 bits per heavy atom. The molecule has 1 N–H and O–H groups in total. The Balaban J connectivity index is 1.39. The van der Waals surface area contributed by atoms with Gasteiger partial charge < -0.3 is 14.8 Å². The zero-order valence-electron chi connectivity index (χ0n) is 16.7. The van der Waals surface area contributed by atoms with Gasteiger partial charge in [-0.15, -0.1) is 11.3 Å². The van der Waals surface area contributed by atoms with E-state index in [1.165, 1.54) is 0 Å². The number of hydrogen-bond donors (Lipinski definition) is 1. The summed E-state index contributed by atoms with van der Waals surface area (Å²) in [7, 11) is 3.23. The molecule has 0 atom stereocenters. The molecule has 2 aromatic carbocycles. The van der Waals surface area contributed by atoms with Crippen molar-refractivity contribution in [3.05, 3.63) is 66.4 Å². The number of aryl methyl sites for hydroxylation is 1. The normalized spacial score (nSPS) is 10.7. The Labute approximate surface area is 178 Å². The number of nitrogens with zero attached hydrogens (tertiary/aromatic N) is 2. The van der Waals surface area contributed by atoms with E-state index in [9.17, 15) is 4.79 Å². The maximum atomic E-state index is 12.4. The van der Waals surface area contributed by atoms with Crippen LogP contribution in [0.25, 0.3) is 20.8 Å². The van der Waals surface area contributed by atoms with Crippen molar-refractivity contribution in [2.45, 2.75) is 12.8 Å². The third kappa shape index (κ3) is 4.41. The molecule has 4 aromatic rings. The highest BCUT2D eigenvalue weighted by molar-refractivity contribution is 7.21. The standard InChI is InChI=1S/C23H21N3O3S/c1-28-17-9-10-19(29-2)15(13-17)8-12-22(27)26-21-11-7-16(14-24-21)23-25-18-5-3-4-6-20(18)30-23/h3-7,9-11,13-14H,8,12H2,1-2H3,(H,24,26,27). The van der Waals surface area contributed by atoms with E-state index in [-0.39, 0.29) is 5.91 Å². The number of aromatic nitrogens is 2. The van der Waals surface area contributed by atoms with Gasteiger partial charge in [0.15, 0.2) is 0 Å². The lowest BCUT2D eigenvalue weighted by atomic mass is 10.1. The first kappa shape index (κ1) is 19.8. The number of rotatable bonds is 7. The molecule has 0 spiro atoms. The largest absolute Gasteiger partial charge is 0.497 e. The second-order valence-electron chi connectivity index (χ2n) is 6.64. The number of anilines is 1. The summed E-state index contributed by atoms with van der Waals surface area (Å²) in [5, 5.41) is 3.75. The van der Waals surface area contributed by atoms with E-state index in [4.69, 9.17) is 9.47 Å². The van der Waals surface area contributed by atoms with Crippen molar-refractivity contribution < 1.29 is 14.3 Å². The Morgan fingerprint density at radius 1 is 1.07 bits per heavy atom. The highest BCUT2D eigenvalue weighted by Crippen LogP contribution is 2.30. The van der Waals surface area contributed by atoms with Crippen LogP contribution < -0.4 is 14.8 Å². The molecular weight excluding hydrogens is 398 g/mol. The van der Waals surface area contributed by atoms with Gasteiger partial charge >= 0.3 is 0 Å². The van der Waals surface area contributed by atoms with E-state index in [0.29, 0.717) is 18.7 Å². The van der Waals surface area contributed by atoms with Crippen molar-refractivity contribution in [3.63, 3.8) is 0 Å². The molecular formula is C23H21N3O3S. The molecule has 30 heavy (non-hydrogen) atoms. The van der Waals surface area contributed by atoms with E-state index in [1.807, 2.05) is 42.5 Å². The van der Waals surface area contributed by atoms with Crippen LogP contribution in [0.1, 0.15) is 12.0 Å². The van der Waals surface area contributed by atoms with Crippen LogP contribution in [-0.2, 0) is 11.2 Å². The van der Waals surface area contributed by atoms with E-state index >= 15 is 0 Å². The van der Waals surface area contributed by atoms with Crippen LogP contribution in [0.3, 0.4) is 0 Å². The summed E-state index contributed by atoms with van der Waals surface area (Å²) in [6, 6.07) is 17.3.